The fourth-order valence-corrected chi connectivity index (χ4v) is 0.965. The number of unbranched alkanes of at least 4 members (excludes halogenated alkanes) is 3. The van der Waals surface area contributed by atoms with Crippen LogP contribution in [0.1, 0.15) is 25.7 Å². The van der Waals surface area contributed by atoms with Gasteiger partial charge >= 0.3 is 0 Å². The third-order valence-electron chi connectivity index (χ3n) is 1.14. The Morgan fingerprint density at radius 3 is 2.22 bits per heavy atom. The van der Waals surface area contributed by atoms with Crippen LogP contribution in [0.2, 0.25) is 0 Å². The van der Waals surface area contributed by atoms with Crippen LogP contribution in [0.3, 0.4) is 0 Å². The molecule has 2 nitrogen and oxygen atoms in total. The standard InChI is InChI=1S/C6H14O2S/c7-5-3-1-2-4-6-9-8/h7-8H,1-6H2. The SMILES string of the molecule is OCCCCCCSO. The maximum absolute atomic E-state index is 8.37. The van der Waals surface area contributed by atoms with Crippen molar-refractivity contribution in [3.05, 3.63) is 0 Å². The first kappa shape index (κ1) is 9.27. The molecule has 0 aromatic rings. The second-order valence-corrected chi connectivity index (χ2v) is 2.64. The largest absolute Gasteiger partial charge is 0.396 e. The molecule has 0 atom stereocenters. The number of rotatable bonds is 6. The zero-order valence-electron chi connectivity index (χ0n) is 5.55. The predicted octanol–water partition coefficient (Wildman–Crippen LogP) is 1.75. The summed E-state index contributed by atoms with van der Waals surface area (Å²) < 4.78 is 8.29. The summed E-state index contributed by atoms with van der Waals surface area (Å²) in [5.41, 5.74) is 0. The van der Waals surface area contributed by atoms with E-state index in [2.05, 4.69) is 0 Å². The quantitative estimate of drug-likeness (QED) is 0.447. The van der Waals surface area contributed by atoms with Crippen molar-refractivity contribution < 1.29 is 9.66 Å². The Labute approximate surface area is 60.5 Å². The van der Waals surface area contributed by atoms with Crippen molar-refractivity contribution in [3.63, 3.8) is 0 Å². The van der Waals surface area contributed by atoms with Gasteiger partial charge in [0.15, 0.2) is 0 Å². The molecule has 0 radical (unpaired) electrons. The lowest BCUT2D eigenvalue weighted by molar-refractivity contribution is 0.283. The summed E-state index contributed by atoms with van der Waals surface area (Å²) in [7, 11) is 0. The van der Waals surface area contributed by atoms with E-state index in [4.69, 9.17) is 9.66 Å². The minimum atomic E-state index is 0.298. The molecule has 0 amide bonds. The van der Waals surface area contributed by atoms with E-state index in [1.807, 2.05) is 0 Å². The molecule has 0 saturated heterocycles. The zero-order chi connectivity index (χ0) is 6.95. The number of aliphatic hydroxyl groups excluding tert-OH is 1. The highest BCUT2D eigenvalue weighted by atomic mass is 32.2. The lowest BCUT2D eigenvalue weighted by Gasteiger charge is -1.94. The van der Waals surface area contributed by atoms with Gasteiger partial charge in [-0.2, -0.15) is 0 Å². The second kappa shape index (κ2) is 8.27. The summed E-state index contributed by atoms with van der Waals surface area (Å²) in [5, 5.41) is 8.37. The summed E-state index contributed by atoms with van der Waals surface area (Å²) in [6.07, 6.45) is 4.16. The van der Waals surface area contributed by atoms with Crippen molar-refractivity contribution >= 4 is 12.0 Å². The fraction of sp³-hybridized carbons (Fsp3) is 1.00. The highest BCUT2D eigenvalue weighted by molar-refractivity contribution is 7.93. The van der Waals surface area contributed by atoms with E-state index in [9.17, 15) is 0 Å². The van der Waals surface area contributed by atoms with E-state index in [1.165, 1.54) is 0 Å². The van der Waals surface area contributed by atoms with Gasteiger partial charge in [0.25, 0.3) is 0 Å². The molecule has 56 valence electrons. The lowest BCUT2D eigenvalue weighted by Crippen LogP contribution is -1.84. The monoisotopic (exact) mass is 150 g/mol. The first-order valence-electron chi connectivity index (χ1n) is 3.29. The third kappa shape index (κ3) is 8.27. The molecule has 0 saturated carbocycles. The first-order valence-corrected chi connectivity index (χ1v) is 4.23. The van der Waals surface area contributed by atoms with Crippen LogP contribution in [0.15, 0.2) is 0 Å². The molecule has 9 heavy (non-hydrogen) atoms. The smallest absolute Gasteiger partial charge is 0.0431 e. The van der Waals surface area contributed by atoms with Gasteiger partial charge in [0.2, 0.25) is 0 Å². The summed E-state index contributed by atoms with van der Waals surface area (Å²) in [5.74, 6) is 0.825. The predicted molar refractivity (Wildman–Crippen MR) is 40.6 cm³/mol. The summed E-state index contributed by atoms with van der Waals surface area (Å²) in [6, 6.07) is 0. The van der Waals surface area contributed by atoms with E-state index in [1.54, 1.807) is 0 Å². The van der Waals surface area contributed by atoms with Gasteiger partial charge in [0, 0.05) is 12.4 Å². The Morgan fingerprint density at radius 2 is 1.67 bits per heavy atom. The minimum Gasteiger partial charge on any atom is -0.396 e. The molecule has 0 heterocycles. The molecular formula is C6H14O2S. The molecule has 0 aliphatic heterocycles. The van der Waals surface area contributed by atoms with Crippen molar-refractivity contribution in [3.8, 4) is 0 Å². The fourth-order valence-electron chi connectivity index (χ4n) is 0.632. The van der Waals surface area contributed by atoms with E-state index in [0.717, 1.165) is 43.5 Å². The molecule has 0 aliphatic rings. The second-order valence-electron chi connectivity index (χ2n) is 1.97. The van der Waals surface area contributed by atoms with E-state index in [-0.39, 0.29) is 0 Å². The van der Waals surface area contributed by atoms with E-state index in [0.29, 0.717) is 6.61 Å². The van der Waals surface area contributed by atoms with Crippen molar-refractivity contribution in [2.75, 3.05) is 12.4 Å². The van der Waals surface area contributed by atoms with Crippen molar-refractivity contribution in [2.24, 2.45) is 0 Å². The van der Waals surface area contributed by atoms with Crippen LogP contribution < -0.4 is 0 Å². The molecule has 0 rings (SSSR count). The molecule has 0 bridgehead atoms. The number of aliphatic hydroxyl groups is 1. The Balaban J connectivity index is 2.60. The van der Waals surface area contributed by atoms with Crippen LogP contribution in [-0.4, -0.2) is 22.0 Å². The first-order chi connectivity index (χ1) is 4.41. The van der Waals surface area contributed by atoms with E-state index >= 15 is 0 Å². The maximum Gasteiger partial charge on any atom is 0.0431 e. The van der Waals surface area contributed by atoms with Gasteiger partial charge in [-0.1, -0.05) is 12.8 Å². The normalized spacial score (nSPS) is 10.0. The van der Waals surface area contributed by atoms with E-state index < -0.39 is 0 Å². The molecule has 0 fully saturated rings. The highest BCUT2D eigenvalue weighted by Crippen LogP contribution is 2.03. The molecule has 0 unspecified atom stereocenters. The van der Waals surface area contributed by atoms with Gasteiger partial charge in [0.1, 0.15) is 0 Å². The van der Waals surface area contributed by atoms with Gasteiger partial charge in [-0.3, -0.25) is 0 Å². The van der Waals surface area contributed by atoms with Crippen LogP contribution in [0.4, 0.5) is 0 Å². The van der Waals surface area contributed by atoms with Crippen LogP contribution in [0.25, 0.3) is 0 Å². The van der Waals surface area contributed by atoms with Crippen LogP contribution in [-0.2, 0) is 0 Å². The van der Waals surface area contributed by atoms with Gasteiger partial charge in [0.05, 0.1) is 0 Å². The zero-order valence-corrected chi connectivity index (χ0v) is 6.36. The molecule has 0 aromatic heterocycles. The minimum absolute atomic E-state index is 0.298. The van der Waals surface area contributed by atoms with Crippen molar-refractivity contribution in [1.29, 1.82) is 0 Å². The Bertz CT molecular complexity index is 44.3. The average molecular weight is 150 g/mol. The topological polar surface area (TPSA) is 40.5 Å². The lowest BCUT2D eigenvalue weighted by atomic mass is 10.2. The molecule has 3 heteroatoms. The number of hydrogen-bond acceptors (Lipinski definition) is 3. The highest BCUT2D eigenvalue weighted by Gasteiger charge is 1.87. The molecular weight excluding hydrogens is 136 g/mol. The Hall–Kier alpha value is 0.270. The summed E-state index contributed by atoms with van der Waals surface area (Å²) in [6.45, 7) is 0.298. The van der Waals surface area contributed by atoms with Crippen LogP contribution >= 0.6 is 12.0 Å². The third-order valence-corrected chi connectivity index (χ3v) is 1.61. The molecule has 0 aromatic carbocycles. The van der Waals surface area contributed by atoms with Crippen LogP contribution in [0, 0.1) is 0 Å². The van der Waals surface area contributed by atoms with Gasteiger partial charge in [-0.05, 0) is 24.9 Å². The van der Waals surface area contributed by atoms with Crippen molar-refractivity contribution in [2.45, 2.75) is 25.7 Å². The summed E-state index contributed by atoms with van der Waals surface area (Å²) in [4.78, 5) is 0. The Kier molecular flexibility index (Phi) is 8.52. The van der Waals surface area contributed by atoms with Gasteiger partial charge in [-0.25, -0.2) is 0 Å². The molecule has 2 N–H and O–H groups in total. The molecule has 0 spiro atoms. The van der Waals surface area contributed by atoms with Gasteiger partial charge in [-0.15, -0.1) is 0 Å². The summed E-state index contributed by atoms with van der Waals surface area (Å²) >= 11 is 0.897. The number of hydrogen-bond donors (Lipinski definition) is 2. The van der Waals surface area contributed by atoms with Crippen molar-refractivity contribution in [1.82, 2.24) is 0 Å². The van der Waals surface area contributed by atoms with Crippen LogP contribution in [0.5, 0.6) is 0 Å². The molecule has 0 aliphatic carbocycles. The average Bonchev–Trinajstić information content (AvgIpc) is 1.89. The van der Waals surface area contributed by atoms with Gasteiger partial charge < -0.3 is 9.66 Å². The Morgan fingerprint density at radius 1 is 1.00 bits per heavy atom. The maximum atomic E-state index is 8.37.